The van der Waals surface area contributed by atoms with Crippen molar-refractivity contribution >= 4 is 5.91 Å². The van der Waals surface area contributed by atoms with Crippen LogP contribution in [0.4, 0.5) is 0 Å². The van der Waals surface area contributed by atoms with Crippen molar-refractivity contribution in [2.24, 2.45) is 0 Å². The van der Waals surface area contributed by atoms with Gasteiger partial charge in [-0.1, -0.05) is 24.3 Å². The van der Waals surface area contributed by atoms with E-state index in [0.717, 1.165) is 32.5 Å². The van der Waals surface area contributed by atoms with Crippen molar-refractivity contribution in [3.8, 4) is 0 Å². The van der Waals surface area contributed by atoms with Gasteiger partial charge in [-0.05, 0) is 30.9 Å². The van der Waals surface area contributed by atoms with Crippen LogP contribution in [-0.4, -0.2) is 45.3 Å². The molecule has 2 N–H and O–H groups in total. The highest BCUT2D eigenvalue weighted by atomic mass is 16.2. The summed E-state index contributed by atoms with van der Waals surface area (Å²) in [5.41, 5.74) is 3.07. The topological polar surface area (TPSA) is 73.9 Å². The lowest BCUT2D eigenvalue weighted by atomic mass is 10.0. The molecule has 3 rings (SSSR count). The number of aromatic amines is 1. The molecule has 0 unspecified atom stereocenters. The molecule has 1 amide bonds. The molecule has 1 fully saturated rings. The molecule has 116 valence electrons. The summed E-state index contributed by atoms with van der Waals surface area (Å²) in [6, 6.07) is 8.73. The molecule has 0 spiro atoms. The number of piperidine rings is 1. The highest BCUT2D eigenvalue weighted by Gasteiger charge is 2.22. The van der Waals surface area contributed by atoms with E-state index in [1.807, 2.05) is 0 Å². The standard InChI is InChI=1S/C16H21N5O/c1-12-4-2-3-5-13(12)11-21-8-6-14(7-9-21)18-16(22)15-10-17-20-19-15/h2-5,10,14H,6-9,11H2,1H3,(H,18,22)(H,17,19,20). The molecule has 1 aliphatic heterocycles. The fourth-order valence-electron chi connectivity index (χ4n) is 2.83. The molecule has 2 aromatic rings. The van der Waals surface area contributed by atoms with E-state index in [1.165, 1.54) is 17.3 Å². The van der Waals surface area contributed by atoms with E-state index in [4.69, 9.17) is 0 Å². The number of carbonyl (C=O) groups excluding carboxylic acids is 1. The van der Waals surface area contributed by atoms with E-state index in [-0.39, 0.29) is 11.9 Å². The minimum Gasteiger partial charge on any atom is -0.348 e. The van der Waals surface area contributed by atoms with Crippen molar-refractivity contribution in [2.45, 2.75) is 32.4 Å². The van der Waals surface area contributed by atoms with Crippen molar-refractivity contribution in [1.29, 1.82) is 0 Å². The lowest BCUT2D eigenvalue weighted by molar-refractivity contribution is 0.0904. The van der Waals surface area contributed by atoms with Gasteiger partial charge in [0.05, 0.1) is 6.20 Å². The first kappa shape index (κ1) is 14.7. The molecule has 0 radical (unpaired) electrons. The Morgan fingerprint density at radius 3 is 2.82 bits per heavy atom. The Bertz CT molecular complexity index is 617. The molecule has 1 saturated heterocycles. The number of benzene rings is 1. The number of likely N-dealkylation sites (tertiary alicyclic amines) is 1. The summed E-state index contributed by atoms with van der Waals surface area (Å²) in [4.78, 5) is 14.4. The zero-order valence-electron chi connectivity index (χ0n) is 12.7. The van der Waals surface area contributed by atoms with Crippen molar-refractivity contribution < 1.29 is 4.79 Å². The van der Waals surface area contributed by atoms with E-state index < -0.39 is 0 Å². The van der Waals surface area contributed by atoms with E-state index in [1.54, 1.807) is 0 Å². The van der Waals surface area contributed by atoms with E-state index in [9.17, 15) is 4.79 Å². The van der Waals surface area contributed by atoms with Gasteiger partial charge in [-0.3, -0.25) is 9.69 Å². The fourth-order valence-corrected chi connectivity index (χ4v) is 2.83. The normalized spacial score (nSPS) is 16.6. The third-order valence-corrected chi connectivity index (χ3v) is 4.23. The summed E-state index contributed by atoms with van der Waals surface area (Å²) < 4.78 is 0. The molecular formula is C16H21N5O. The van der Waals surface area contributed by atoms with Gasteiger partial charge in [0.2, 0.25) is 0 Å². The predicted molar refractivity (Wildman–Crippen MR) is 83.3 cm³/mol. The Kier molecular flexibility index (Phi) is 4.48. The van der Waals surface area contributed by atoms with Crippen molar-refractivity contribution in [3.05, 3.63) is 47.3 Å². The summed E-state index contributed by atoms with van der Waals surface area (Å²) >= 11 is 0. The molecule has 1 aliphatic rings. The van der Waals surface area contributed by atoms with Gasteiger partial charge in [-0.2, -0.15) is 15.4 Å². The van der Waals surface area contributed by atoms with Crippen LogP contribution in [0, 0.1) is 6.92 Å². The summed E-state index contributed by atoms with van der Waals surface area (Å²) in [7, 11) is 0. The maximum atomic E-state index is 11.9. The number of nitrogens with one attached hydrogen (secondary N) is 2. The van der Waals surface area contributed by atoms with Gasteiger partial charge in [-0.25, -0.2) is 0 Å². The minimum atomic E-state index is -0.147. The van der Waals surface area contributed by atoms with Crippen LogP contribution in [-0.2, 0) is 6.54 Å². The second-order valence-electron chi connectivity index (χ2n) is 5.81. The first-order chi connectivity index (χ1) is 10.7. The smallest absolute Gasteiger partial charge is 0.273 e. The molecule has 0 bridgehead atoms. The number of nitrogens with zero attached hydrogens (tertiary/aromatic N) is 3. The van der Waals surface area contributed by atoms with E-state index in [2.05, 4.69) is 56.8 Å². The monoisotopic (exact) mass is 299 g/mol. The first-order valence-electron chi connectivity index (χ1n) is 7.66. The van der Waals surface area contributed by atoms with Gasteiger partial charge in [0.1, 0.15) is 0 Å². The second-order valence-corrected chi connectivity index (χ2v) is 5.81. The number of carbonyl (C=O) groups is 1. The number of hydrogen-bond donors (Lipinski definition) is 2. The Morgan fingerprint density at radius 2 is 2.14 bits per heavy atom. The quantitative estimate of drug-likeness (QED) is 0.897. The summed E-state index contributed by atoms with van der Waals surface area (Å²) in [6.45, 7) is 5.13. The van der Waals surface area contributed by atoms with Crippen molar-refractivity contribution in [2.75, 3.05) is 13.1 Å². The average molecular weight is 299 g/mol. The van der Waals surface area contributed by atoms with Crippen LogP contribution >= 0.6 is 0 Å². The molecule has 6 nitrogen and oxygen atoms in total. The van der Waals surface area contributed by atoms with Crippen LogP contribution in [0.1, 0.15) is 34.5 Å². The molecule has 6 heteroatoms. The molecule has 0 saturated carbocycles. The second kappa shape index (κ2) is 6.70. The van der Waals surface area contributed by atoms with Crippen LogP contribution in [0.3, 0.4) is 0 Å². The lowest BCUT2D eigenvalue weighted by Gasteiger charge is -2.32. The summed E-state index contributed by atoms with van der Waals surface area (Å²) in [6.07, 6.45) is 3.38. The zero-order valence-corrected chi connectivity index (χ0v) is 12.7. The predicted octanol–water partition coefficient (Wildman–Crippen LogP) is 1.51. The van der Waals surface area contributed by atoms with Crippen LogP contribution < -0.4 is 5.32 Å². The van der Waals surface area contributed by atoms with Crippen molar-refractivity contribution in [1.82, 2.24) is 25.6 Å². The molecule has 1 aromatic heterocycles. The Morgan fingerprint density at radius 1 is 1.36 bits per heavy atom. The number of H-pyrrole nitrogens is 1. The molecular weight excluding hydrogens is 278 g/mol. The van der Waals surface area contributed by atoms with E-state index in [0.29, 0.717) is 5.69 Å². The molecule has 0 aliphatic carbocycles. The lowest BCUT2D eigenvalue weighted by Crippen LogP contribution is -2.44. The number of hydrogen-bond acceptors (Lipinski definition) is 4. The van der Waals surface area contributed by atoms with Gasteiger partial charge in [0.15, 0.2) is 5.69 Å². The number of aryl methyl sites for hydroxylation is 1. The maximum absolute atomic E-state index is 11.9. The van der Waals surface area contributed by atoms with Crippen molar-refractivity contribution in [3.63, 3.8) is 0 Å². The van der Waals surface area contributed by atoms with Gasteiger partial charge >= 0.3 is 0 Å². The van der Waals surface area contributed by atoms with Gasteiger partial charge in [0, 0.05) is 25.7 Å². The third-order valence-electron chi connectivity index (χ3n) is 4.23. The number of aromatic nitrogens is 3. The third kappa shape index (κ3) is 3.51. The molecule has 2 heterocycles. The van der Waals surface area contributed by atoms with Gasteiger partial charge in [-0.15, -0.1) is 0 Å². The zero-order chi connectivity index (χ0) is 15.4. The van der Waals surface area contributed by atoms with Gasteiger partial charge < -0.3 is 5.32 Å². The first-order valence-corrected chi connectivity index (χ1v) is 7.66. The Hall–Kier alpha value is -2.21. The molecule has 22 heavy (non-hydrogen) atoms. The highest BCUT2D eigenvalue weighted by molar-refractivity contribution is 5.91. The van der Waals surface area contributed by atoms with Crippen LogP contribution in [0.2, 0.25) is 0 Å². The van der Waals surface area contributed by atoms with Crippen LogP contribution in [0.25, 0.3) is 0 Å². The Labute approximate surface area is 129 Å². The van der Waals surface area contributed by atoms with Crippen LogP contribution in [0.15, 0.2) is 30.5 Å². The van der Waals surface area contributed by atoms with E-state index >= 15 is 0 Å². The summed E-state index contributed by atoms with van der Waals surface area (Å²) in [5.74, 6) is -0.147. The SMILES string of the molecule is Cc1ccccc1CN1CCC(NC(=O)c2cn[nH]n2)CC1. The average Bonchev–Trinajstić information content (AvgIpc) is 3.06. The summed E-state index contributed by atoms with van der Waals surface area (Å²) in [5, 5.41) is 12.9. The minimum absolute atomic E-state index is 0.147. The largest absolute Gasteiger partial charge is 0.348 e. The molecule has 1 aromatic carbocycles. The number of rotatable bonds is 4. The molecule has 0 atom stereocenters. The highest BCUT2D eigenvalue weighted by Crippen LogP contribution is 2.16. The number of amides is 1. The fraction of sp³-hybridized carbons (Fsp3) is 0.438. The van der Waals surface area contributed by atoms with Crippen LogP contribution in [0.5, 0.6) is 0 Å². The maximum Gasteiger partial charge on any atom is 0.273 e. The van der Waals surface area contributed by atoms with Gasteiger partial charge in [0.25, 0.3) is 5.91 Å². The Balaban J connectivity index is 1.48.